The number of sulfonamides is 1. The molecule has 0 aliphatic carbocycles. The second-order valence-corrected chi connectivity index (χ2v) is 6.86. The van der Waals surface area contributed by atoms with E-state index in [-0.39, 0.29) is 4.90 Å². The van der Waals surface area contributed by atoms with Crippen LogP contribution in [-0.2, 0) is 16.4 Å². The maximum absolute atomic E-state index is 12.0. The van der Waals surface area contributed by atoms with Crippen molar-refractivity contribution in [2.24, 2.45) is 5.84 Å². The minimum Gasteiger partial charge on any atom is -0.308 e. The van der Waals surface area contributed by atoms with Crippen LogP contribution in [0.1, 0.15) is 10.7 Å². The van der Waals surface area contributed by atoms with Gasteiger partial charge in [-0.15, -0.1) is 11.3 Å². The third kappa shape index (κ3) is 3.73. The van der Waals surface area contributed by atoms with Gasteiger partial charge < -0.3 is 5.43 Å². The molecule has 0 amide bonds. The van der Waals surface area contributed by atoms with Crippen LogP contribution >= 0.6 is 11.3 Å². The smallest absolute Gasteiger partial charge is 0.242 e. The maximum atomic E-state index is 12.0. The number of nitrogens with two attached hydrogens (primary N) is 1. The average Bonchev–Trinajstić information content (AvgIpc) is 2.84. The van der Waals surface area contributed by atoms with Crippen LogP contribution in [0.3, 0.4) is 0 Å². The molecule has 108 valence electrons. The third-order valence-electron chi connectivity index (χ3n) is 2.53. The minimum atomic E-state index is -3.55. The van der Waals surface area contributed by atoms with Crippen molar-refractivity contribution in [1.82, 2.24) is 14.7 Å². The number of anilines is 1. The molecule has 0 bridgehead atoms. The van der Waals surface area contributed by atoms with E-state index in [1.165, 1.54) is 18.3 Å². The van der Waals surface area contributed by atoms with Crippen molar-refractivity contribution in [2.45, 2.75) is 18.2 Å². The highest BCUT2D eigenvalue weighted by molar-refractivity contribution is 7.89. The average molecular weight is 313 g/mol. The first-order valence-electron chi connectivity index (χ1n) is 5.84. The molecule has 20 heavy (non-hydrogen) atoms. The Hall–Kier alpha value is -1.55. The molecule has 4 N–H and O–H groups in total. The molecule has 0 aromatic carbocycles. The lowest BCUT2D eigenvalue weighted by Crippen LogP contribution is -2.26. The van der Waals surface area contributed by atoms with E-state index in [1.807, 2.05) is 12.3 Å². The number of nitrogens with zero attached hydrogens (tertiary/aromatic N) is 2. The summed E-state index contributed by atoms with van der Waals surface area (Å²) in [7, 11) is -3.55. The summed E-state index contributed by atoms with van der Waals surface area (Å²) in [6.07, 6.45) is 1.81. The number of aromatic nitrogens is 2. The zero-order valence-corrected chi connectivity index (χ0v) is 12.5. The molecule has 0 spiro atoms. The van der Waals surface area contributed by atoms with Gasteiger partial charge in [-0.25, -0.2) is 29.0 Å². The number of rotatable bonds is 6. The maximum Gasteiger partial charge on any atom is 0.242 e. The first kappa shape index (κ1) is 14.9. The number of hydrogen-bond donors (Lipinski definition) is 3. The molecule has 2 aromatic rings. The van der Waals surface area contributed by atoms with Gasteiger partial charge in [0.25, 0.3) is 0 Å². The van der Waals surface area contributed by atoms with Crippen molar-refractivity contribution in [2.75, 3.05) is 12.0 Å². The normalized spacial score (nSPS) is 11.5. The Labute approximate surface area is 121 Å². The summed E-state index contributed by atoms with van der Waals surface area (Å²) in [6, 6.07) is 2.94. The number of pyridine rings is 1. The summed E-state index contributed by atoms with van der Waals surface area (Å²) in [5, 5.41) is 2.89. The van der Waals surface area contributed by atoms with E-state index < -0.39 is 10.0 Å². The van der Waals surface area contributed by atoms with Gasteiger partial charge in [-0.3, -0.25) is 0 Å². The largest absolute Gasteiger partial charge is 0.308 e. The van der Waals surface area contributed by atoms with Crippen LogP contribution in [0.4, 0.5) is 5.82 Å². The highest BCUT2D eigenvalue weighted by Crippen LogP contribution is 2.11. The van der Waals surface area contributed by atoms with Gasteiger partial charge in [0, 0.05) is 24.5 Å². The molecular formula is C11H15N5O2S2. The molecule has 0 saturated carbocycles. The van der Waals surface area contributed by atoms with Gasteiger partial charge in [-0.05, 0) is 19.1 Å². The number of thiazole rings is 1. The van der Waals surface area contributed by atoms with Crippen LogP contribution in [0.15, 0.2) is 28.6 Å². The lowest BCUT2D eigenvalue weighted by Gasteiger charge is -2.06. The van der Waals surface area contributed by atoms with E-state index in [9.17, 15) is 8.42 Å². The van der Waals surface area contributed by atoms with E-state index >= 15 is 0 Å². The van der Waals surface area contributed by atoms with E-state index in [0.717, 1.165) is 10.7 Å². The van der Waals surface area contributed by atoms with Gasteiger partial charge >= 0.3 is 0 Å². The minimum absolute atomic E-state index is 0.103. The molecule has 7 nitrogen and oxygen atoms in total. The van der Waals surface area contributed by atoms with Gasteiger partial charge in [0.05, 0.1) is 10.7 Å². The summed E-state index contributed by atoms with van der Waals surface area (Å²) in [4.78, 5) is 8.24. The number of hydrogen-bond acceptors (Lipinski definition) is 7. The predicted molar refractivity (Wildman–Crippen MR) is 77.8 cm³/mol. The topological polar surface area (TPSA) is 110 Å². The van der Waals surface area contributed by atoms with E-state index in [0.29, 0.717) is 18.8 Å². The molecule has 2 rings (SSSR count). The van der Waals surface area contributed by atoms with Crippen molar-refractivity contribution >= 4 is 27.2 Å². The SMILES string of the molecule is Cc1nc(CCNS(=O)(=O)c2ccc(NN)nc2)cs1. The van der Waals surface area contributed by atoms with Gasteiger partial charge in [0.2, 0.25) is 10.0 Å². The van der Waals surface area contributed by atoms with Gasteiger partial charge in [0.15, 0.2) is 0 Å². The van der Waals surface area contributed by atoms with E-state index in [2.05, 4.69) is 20.1 Å². The van der Waals surface area contributed by atoms with Gasteiger partial charge in [-0.2, -0.15) is 0 Å². The summed E-state index contributed by atoms with van der Waals surface area (Å²) in [6.45, 7) is 2.21. The molecule has 0 radical (unpaired) electrons. The fourth-order valence-electron chi connectivity index (χ4n) is 1.54. The summed E-state index contributed by atoms with van der Waals surface area (Å²) >= 11 is 1.55. The predicted octanol–water partition coefficient (Wildman–Crippen LogP) is 0.653. The van der Waals surface area contributed by atoms with Crippen LogP contribution < -0.4 is 16.0 Å². The van der Waals surface area contributed by atoms with Crippen LogP contribution in [0.2, 0.25) is 0 Å². The Bertz CT molecular complexity index is 666. The fourth-order valence-corrected chi connectivity index (χ4v) is 3.17. The summed E-state index contributed by atoms with van der Waals surface area (Å²) in [5.74, 6) is 5.58. The Morgan fingerprint density at radius 1 is 1.40 bits per heavy atom. The molecule has 9 heteroatoms. The number of nitrogen functional groups attached to an aromatic ring is 1. The third-order valence-corrected chi connectivity index (χ3v) is 4.80. The second-order valence-electron chi connectivity index (χ2n) is 4.03. The standard InChI is InChI=1S/C11H15N5O2S2/c1-8-15-9(7-19-8)4-5-14-20(17,18)10-2-3-11(16-12)13-6-10/h2-3,6-7,14H,4-5,12H2,1H3,(H,13,16). The van der Waals surface area contributed by atoms with Crippen LogP contribution in [0, 0.1) is 6.92 Å². The van der Waals surface area contributed by atoms with Crippen molar-refractivity contribution in [1.29, 1.82) is 0 Å². The first-order valence-corrected chi connectivity index (χ1v) is 8.21. The Morgan fingerprint density at radius 3 is 2.75 bits per heavy atom. The van der Waals surface area contributed by atoms with Crippen LogP contribution in [0.5, 0.6) is 0 Å². The summed E-state index contributed by atoms with van der Waals surface area (Å²) in [5.41, 5.74) is 3.22. The Morgan fingerprint density at radius 2 is 2.20 bits per heavy atom. The monoisotopic (exact) mass is 313 g/mol. The molecule has 0 unspecified atom stereocenters. The van der Waals surface area contributed by atoms with E-state index in [1.54, 1.807) is 11.3 Å². The number of nitrogens with one attached hydrogen (secondary N) is 2. The fraction of sp³-hybridized carbons (Fsp3) is 0.273. The molecule has 0 aliphatic rings. The Balaban J connectivity index is 1.96. The molecule has 2 heterocycles. The molecule has 2 aromatic heterocycles. The molecule has 0 aliphatic heterocycles. The molecular weight excluding hydrogens is 298 g/mol. The van der Waals surface area contributed by atoms with Crippen molar-refractivity contribution in [3.05, 3.63) is 34.4 Å². The second kappa shape index (κ2) is 6.27. The quantitative estimate of drug-likeness (QED) is 0.533. The van der Waals surface area contributed by atoms with Crippen LogP contribution in [0.25, 0.3) is 0 Å². The highest BCUT2D eigenvalue weighted by Gasteiger charge is 2.14. The van der Waals surface area contributed by atoms with Crippen molar-refractivity contribution in [3.63, 3.8) is 0 Å². The van der Waals surface area contributed by atoms with Crippen LogP contribution in [-0.4, -0.2) is 24.9 Å². The number of aryl methyl sites for hydroxylation is 1. The molecule has 0 atom stereocenters. The van der Waals surface area contributed by atoms with Gasteiger partial charge in [-0.1, -0.05) is 0 Å². The van der Waals surface area contributed by atoms with Crippen molar-refractivity contribution in [3.8, 4) is 0 Å². The lowest BCUT2D eigenvalue weighted by molar-refractivity contribution is 0.581. The zero-order chi connectivity index (χ0) is 14.6. The Kier molecular flexibility index (Phi) is 4.65. The van der Waals surface area contributed by atoms with Gasteiger partial charge in [0.1, 0.15) is 10.7 Å². The summed E-state index contributed by atoms with van der Waals surface area (Å²) < 4.78 is 26.5. The first-order chi connectivity index (χ1) is 9.51. The zero-order valence-electron chi connectivity index (χ0n) is 10.8. The molecule has 0 saturated heterocycles. The highest BCUT2D eigenvalue weighted by atomic mass is 32.2. The lowest BCUT2D eigenvalue weighted by atomic mass is 10.3. The van der Waals surface area contributed by atoms with Crippen molar-refractivity contribution < 1.29 is 8.42 Å². The number of hydrazine groups is 1. The molecule has 0 fully saturated rings. The van der Waals surface area contributed by atoms with E-state index in [4.69, 9.17) is 5.84 Å².